The van der Waals surface area contributed by atoms with Crippen LogP contribution in [0.1, 0.15) is 32.1 Å². The largest absolute Gasteiger partial charge is 0.327 e. The van der Waals surface area contributed by atoms with E-state index in [0.29, 0.717) is 12.0 Å². The molecule has 90 valence electrons. The number of para-hydroxylation sites is 2. The summed E-state index contributed by atoms with van der Waals surface area (Å²) in [7, 11) is 0. The van der Waals surface area contributed by atoms with Gasteiger partial charge in [0, 0.05) is 6.54 Å². The van der Waals surface area contributed by atoms with E-state index in [0.717, 1.165) is 18.6 Å². The summed E-state index contributed by atoms with van der Waals surface area (Å²) in [5.74, 6) is 1.89. The molecule has 1 saturated heterocycles. The molecule has 0 amide bonds. The van der Waals surface area contributed by atoms with E-state index in [4.69, 9.17) is 4.98 Å². The van der Waals surface area contributed by atoms with E-state index in [9.17, 15) is 0 Å². The Balaban J connectivity index is 2.15. The molecule has 17 heavy (non-hydrogen) atoms. The van der Waals surface area contributed by atoms with Crippen LogP contribution in [0.15, 0.2) is 24.3 Å². The van der Waals surface area contributed by atoms with Gasteiger partial charge in [-0.2, -0.15) is 0 Å². The van der Waals surface area contributed by atoms with E-state index in [1.807, 2.05) is 0 Å². The molecular weight excluding hydrogens is 210 g/mol. The van der Waals surface area contributed by atoms with E-state index >= 15 is 0 Å². The Morgan fingerprint density at radius 1 is 1.41 bits per heavy atom. The third-order valence-corrected chi connectivity index (χ3v) is 3.81. The molecule has 0 spiro atoms. The van der Waals surface area contributed by atoms with Gasteiger partial charge in [0.05, 0.1) is 17.1 Å². The van der Waals surface area contributed by atoms with Crippen molar-refractivity contribution in [2.24, 2.45) is 5.92 Å². The summed E-state index contributed by atoms with van der Waals surface area (Å²) in [5, 5.41) is 3.57. The van der Waals surface area contributed by atoms with Gasteiger partial charge in [0.15, 0.2) is 0 Å². The summed E-state index contributed by atoms with van der Waals surface area (Å²) in [6, 6.07) is 8.83. The van der Waals surface area contributed by atoms with Gasteiger partial charge in [-0.3, -0.25) is 0 Å². The third kappa shape index (κ3) is 1.65. The van der Waals surface area contributed by atoms with Gasteiger partial charge in [-0.25, -0.2) is 4.98 Å². The molecule has 1 fully saturated rings. The second-order valence-corrected chi connectivity index (χ2v) is 4.90. The maximum atomic E-state index is 4.82. The molecule has 3 heteroatoms. The molecule has 0 aliphatic carbocycles. The highest BCUT2D eigenvalue weighted by Gasteiger charge is 2.28. The Hall–Kier alpha value is -1.35. The third-order valence-electron chi connectivity index (χ3n) is 3.81. The highest BCUT2D eigenvalue weighted by molar-refractivity contribution is 5.76. The molecule has 1 aliphatic heterocycles. The van der Waals surface area contributed by atoms with Crippen molar-refractivity contribution in [1.29, 1.82) is 0 Å². The van der Waals surface area contributed by atoms with Crippen molar-refractivity contribution >= 4 is 11.0 Å². The average Bonchev–Trinajstić information content (AvgIpc) is 2.91. The number of nitrogens with zero attached hydrogens (tertiary/aromatic N) is 2. The molecule has 1 aromatic carbocycles. The van der Waals surface area contributed by atoms with Crippen LogP contribution < -0.4 is 5.32 Å². The monoisotopic (exact) mass is 229 g/mol. The van der Waals surface area contributed by atoms with Gasteiger partial charge in [-0.05, 0) is 37.9 Å². The molecule has 0 radical (unpaired) electrons. The van der Waals surface area contributed by atoms with Crippen LogP contribution in [-0.2, 0) is 6.54 Å². The normalized spacial score (nSPS) is 24.6. The maximum Gasteiger partial charge on any atom is 0.127 e. The summed E-state index contributed by atoms with van der Waals surface area (Å²) in [4.78, 5) is 4.82. The lowest BCUT2D eigenvalue weighted by atomic mass is 10.0. The SMILES string of the molecule is CCn1c(C2NCCC2C)nc2ccccc21. The highest BCUT2D eigenvalue weighted by Crippen LogP contribution is 2.30. The van der Waals surface area contributed by atoms with Crippen molar-refractivity contribution in [3.63, 3.8) is 0 Å². The maximum absolute atomic E-state index is 4.82. The Morgan fingerprint density at radius 3 is 2.94 bits per heavy atom. The number of fused-ring (bicyclic) bond motifs is 1. The van der Waals surface area contributed by atoms with Crippen molar-refractivity contribution in [1.82, 2.24) is 14.9 Å². The predicted molar refractivity (Wildman–Crippen MR) is 69.9 cm³/mol. The second-order valence-electron chi connectivity index (χ2n) is 4.90. The summed E-state index contributed by atoms with van der Waals surface area (Å²) >= 11 is 0. The fourth-order valence-corrected chi connectivity index (χ4v) is 2.84. The Bertz CT molecular complexity index is 529. The van der Waals surface area contributed by atoms with Crippen molar-refractivity contribution in [2.75, 3.05) is 6.54 Å². The zero-order chi connectivity index (χ0) is 11.8. The van der Waals surface area contributed by atoms with Crippen molar-refractivity contribution < 1.29 is 0 Å². The molecule has 0 bridgehead atoms. The van der Waals surface area contributed by atoms with Gasteiger partial charge in [-0.1, -0.05) is 19.1 Å². The Kier molecular flexibility index (Phi) is 2.63. The van der Waals surface area contributed by atoms with Crippen molar-refractivity contribution in [3.05, 3.63) is 30.1 Å². The molecule has 3 rings (SSSR count). The lowest BCUT2D eigenvalue weighted by Crippen LogP contribution is -2.21. The van der Waals surface area contributed by atoms with E-state index < -0.39 is 0 Å². The van der Waals surface area contributed by atoms with Crippen LogP contribution in [0.2, 0.25) is 0 Å². The molecule has 0 saturated carbocycles. The number of hydrogen-bond acceptors (Lipinski definition) is 2. The lowest BCUT2D eigenvalue weighted by molar-refractivity contribution is 0.462. The summed E-state index contributed by atoms with van der Waals surface area (Å²) < 4.78 is 2.34. The summed E-state index contributed by atoms with van der Waals surface area (Å²) in [6.07, 6.45) is 1.25. The predicted octanol–water partition coefficient (Wildman–Crippen LogP) is 2.73. The molecule has 2 atom stereocenters. The molecular formula is C14H19N3. The Labute approximate surface area is 102 Å². The second kappa shape index (κ2) is 4.15. The first-order valence-corrected chi connectivity index (χ1v) is 6.49. The number of aromatic nitrogens is 2. The smallest absolute Gasteiger partial charge is 0.127 e. The van der Waals surface area contributed by atoms with Crippen LogP contribution >= 0.6 is 0 Å². The summed E-state index contributed by atoms with van der Waals surface area (Å²) in [6.45, 7) is 6.60. The van der Waals surface area contributed by atoms with E-state index in [2.05, 4.69) is 48.0 Å². The standard InChI is InChI=1S/C14H19N3/c1-3-17-12-7-5-4-6-11(12)16-14(17)13-10(2)8-9-15-13/h4-7,10,13,15H,3,8-9H2,1-2H3. The van der Waals surface area contributed by atoms with Gasteiger partial charge < -0.3 is 9.88 Å². The fraction of sp³-hybridized carbons (Fsp3) is 0.500. The molecule has 3 nitrogen and oxygen atoms in total. The Morgan fingerprint density at radius 2 is 2.24 bits per heavy atom. The quantitative estimate of drug-likeness (QED) is 0.858. The van der Waals surface area contributed by atoms with Gasteiger partial charge in [-0.15, -0.1) is 0 Å². The topological polar surface area (TPSA) is 29.9 Å². The molecule has 1 aliphatic rings. The minimum Gasteiger partial charge on any atom is -0.327 e. The molecule has 1 N–H and O–H groups in total. The number of rotatable bonds is 2. The fourth-order valence-electron chi connectivity index (χ4n) is 2.84. The zero-order valence-electron chi connectivity index (χ0n) is 10.5. The summed E-state index contributed by atoms with van der Waals surface area (Å²) in [5.41, 5.74) is 2.37. The van der Waals surface area contributed by atoms with E-state index in [-0.39, 0.29) is 0 Å². The first-order valence-electron chi connectivity index (χ1n) is 6.49. The molecule has 1 aromatic heterocycles. The number of nitrogens with one attached hydrogen (secondary N) is 1. The first-order chi connectivity index (χ1) is 8.31. The van der Waals surface area contributed by atoms with Crippen LogP contribution in [0, 0.1) is 5.92 Å². The van der Waals surface area contributed by atoms with Gasteiger partial charge in [0.2, 0.25) is 0 Å². The minimum absolute atomic E-state index is 0.419. The lowest BCUT2D eigenvalue weighted by Gasteiger charge is -2.16. The first kappa shape index (κ1) is 10.8. The van der Waals surface area contributed by atoms with Gasteiger partial charge in [0.1, 0.15) is 5.82 Å². The van der Waals surface area contributed by atoms with Crippen molar-refractivity contribution in [2.45, 2.75) is 32.9 Å². The van der Waals surface area contributed by atoms with Crippen LogP contribution in [0.5, 0.6) is 0 Å². The van der Waals surface area contributed by atoms with E-state index in [1.54, 1.807) is 0 Å². The minimum atomic E-state index is 0.419. The highest BCUT2D eigenvalue weighted by atomic mass is 15.1. The average molecular weight is 229 g/mol. The van der Waals surface area contributed by atoms with E-state index in [1.165, 1.54) is 17.8 Å². The van der Waals surface area contributed by atoms with Crippen LogP contribution in [0.25, 0.3) is 11.0 Å². The van der Waals surface area contributed by atoms with Crippen molar-refractivity contribution in [3.8, 4) is 0 Å². The van der Waals surface area contributed by atoms with Crippen LogP contribution in [0.3, 0.4) is 0 Å². The van der Waals surface area contributed by atoms with Crippen LogP contribution in [0.4, 0.5) is 0 Å². The number of aryl methyl sites for hydroxylation is 1. The number of hydrogen-bond donors (Lipinski definition) is 1. The zero-order valence-corrected chi connectivity index (χ0v) is 10.5. The number of benzene rings is 1. The van der Waals surface area contributed by atoms with Crippen LogP contribution in [-0.4, -0.2) is 16.1 Å². The van der Waals surface area contributed by atoms with Gasteiger partial charge >= 0.3 is 0 Å². The molecule has 2 heterocycles. The molecule has 2 unspecified atom stereocenters. The van der Waals surface area contributed by atoms with Gasteiger partial charge in [0.25, 0.3) is 0 Å². The number of imidazole rings is 1. The molecule has 2 aromatic rings.